The molecule has 8 nitrogen and oxygen atoms in total. The Bertz CT molecular complexity index is 808. The number of rotatable bonds is 2. The molecule has 1 aliphatic heterocycles. The average Bonchev–Trinajstić information content (AvgIpc) is 3.15. The van der Waals surface area contributed by atoms with E-state index in [0.717, 1.165) is 36.7 Å². The molecule has 0 saturated carbocycles. The highest BCUT2D eigenvalue weighted by Gasteiger charge is 2.25. The second-order valence-electron chi connectivity index (χ2n) is 5.55. The highest BCUT2D eigenvalue weighted by Crippen LogP contribution is 2.23. The molecule has 1 unspecified atom stereocenters. The molecule has 8 heteroatoms. The van der Waals surface area contributed by atoms with Crippen molar-refractivity contribution < 1.29 is 4.52 Å². The summed E-state index contributed by atoms with van der Waals surface area (Å²) in [5, 5.41) is 15.6. The van der Waals surface area contributed by atoms with Crippen molar-refractivity contribution in [3.63, 3.8) is 0 Å². The van der Waals surface area contributed by atoms with Gasteiger partial charge in [0, 0.05) is 25.8 Å². The number of aromatic nitrogens is 5. The third-order valence-electron chi connectivity index (χ3n) is 4.07. The van der Waals surface area contributed by atoms with E-state index in [-0.39, 0.29) is 6.04 Å². The fourth-order valence-electron chi connectivity index (χ4n) is 2.71. The van der Waals surface area contributed by atoms with Crippen molar-refractivity contribution in [2.45, 2.75) is 13.0 Å². The maximum atomic E-state index is 5.45. The second-order valence-corrected chi connectivity index (χ2v) is 5.55. The summed E-state index contributed by atoms with van der Waals surface area (Å²) in [7, 11) is 2.08. The number of hydrogen-bond acceptors (Lipinski definition) is 7. The highest BCUT2D eigenvalue weighted by atomic mass is 16.5. The minimum Gasteiger partial charge on any atom is -0.334 e. The van der Waals surface area contributed by atoms with Crippen molar-refractivity contribution in [2.24, 2.45) is 0 Å². The van der Waals surface area contributed by atoms with Gasteiger partial charge in [0.2, 0.25) is 0 Å². The molecule has 0 aliphatic carbocycles. The molecule has 1 fully saturated rings. The molecular formula is C14H17N7O. The van der Waals surface area contributed by atoms with Gasteiger partial charge in [-0.2, -0.15) is 4.98 Å². The number of aryl methyl sites for hydroxylation is 1. The van der Waals surface area contributed by atoms with Crippen LogP contribution in [0.15, 0.2) is 22.9 Å². The largest absolute Gasteiger partial charge is 0.334 e. The minimum absolute atomic E-state index is 0.145. The van der Waals surface area contributed by atoms with Crippen LogP contribution < -0.4 is 5.32 Å². The van der Waals surface area contributed by atoms with E-state index in [4.69, 9.17) is 4.52 Å². The molecule has 22 heavy (non-hydrogen) atoms. The van der Waals surface area contributed by atoms with Crippen LogP contribution in [0.3, 0.4) is 0 Å². The zero-order valence-electron chi connectivity index (χ0n) is 12.5. The van der Waals surface area contributed by atoms with E-state index in [0.29, 0.717) is 11.7 Å². The smallest absolute Gasteiger partial charge is 0.259 e. The molecule has 0 aromatic carbocycles. The molecule has 0 radical (unpaired) electrons. The maximum absolute atomic E-state index is 5.45. The summed E-state index contributed by atoms with van der Waals surface area (Å²) < 4.78 is 7.36. The Balaban J connectivity index is 1.68. The molecule has 1 N–H and O–H groups in total. The first-order valence-electron chi connectivity index (χ1n) is 7.29. The lowest BCUT2D eigenvalue weighted by Gasteiger charge is -2.30. The molecule has 4 rings (SSSR count). The van der Waals surface area contributed by atoms with Crippen molar-refractivity contribution in [3.8, 4) is 11.5 Å². The number of piperazine rings is 1. The van der Waals surface area contributed by atoms with Crippen molar-refractivity contribution in [1.82, 2.24) is 35.0 Å². The number of likely N-dealkylation sites (N-methyl/N-ethyl adjacent to an activating group) is 1. The fraction of sp³-hybridized carbons (Fsp3) is 0.429. The predicted octanol–water partition coefficient (Wildman–Crippen LogP) is 0.664. The van der Waals surface area contributed by atoms with Gasteiger partial charge in [-0.05, 0) is 26.1 Å². The molecule has 1 saturated heterocycles. The van der Waals surface area contributed by atoms with Crippen molar-refractivity contribution >= 4 is 5.65 Å². The normalized spacial score (nSPS) is 19.8. The lowest BCUT2D eigenvalue weighted by atomic mass is 10.2. The average molecular weight is 299 g/mol. The molecule has 1 atom stereocenters. The topological polar surface area (TPSA) is 84.4 Å². The Hall–Kier alpha value is -2.32. The van der Waals surface area contributed by atoms with Gasteiger partial charge in [0.05, 0.1) is 11.6 Å². The highest BCUT2D eigenvalue weighted by molar-refractivity contribution is 5.55. The number of pyridine rings is 1. The first kappa shape index (κ1) is 13.4. The van der Waals surface area contributed by atoms with Crippen LogP contribution in [0, 0.1) is 6.92 Å². The van der Waals surface area contributed by atoms with Crippen molar-refractivity contribution in [1.29, 1.82) is 0 Å². The van der Waals surface area contributed by atoms with Crippen LogP contribution in [0.2, 0.25) is 0 Å². The fourth-order valence-corrected chi connectivity index (χ4v) is 2.71. The van der Waals surface area contributed by atoms with E-state index in [1.807, 2.05) is 29.7 Å². The Kier molecular flexibility index (Phi) is 3.12. The molecule has 4 heterocycles. The minimum atomic E-state index is 0.145. The number of fused-ring (bicyclic) bond motifs is 1. The van der Waals surface area contributed by atoms with Crippen LogP contribution in [-0.4, -0.2) is 56.3 Å². The molecule has 0 spiro atoms. The first-order valence-corrected chi connectivity index (χ1v) is 7.29. The van der Waals surface area contributed by atoms with E-state index in [1.54, 1.807) is 0 Å². The zero-order valence-corrected chi connectivity index (χ0v) is 12.5. The lowest BCUT2D eigenvalue weighted by Crippen LogP contribution is -2.44. The lowest BCUT2D eigenvalue weighted by molar-refractivity contribution is 0.190. The maximum Gasteiger partial charge on any atom is 0.259 e. The van der Waals surface area contributed by atoms with Crippen LogP contribution >= 0.6 is 0 Å². The molecule has 1 aliphatic rings. The third kappa shape index (κ3) is 2.16. The summed E-state index contributed by atoms with van der Waals surface area (Å²) >= 11 is 0. The molecular weight excluding hydrogens is 282 g/mol. The van der Waals surface area contributed by atoms with Crippen molar-refractivity contribution in [2.75, 3.05) is 26.7 Å². The third-order valence-corrected chi connectivity index (χ3v) is 4.07. The van der Waals surface area contributed by atoms with Gasteiger partial charge in [0.15, 0.2) is 11.5 Å². The van der Waals surface area contributed by atoms with Crippen LogP contribution in [0.5, 0.6) is 0 Å². The van der Waals surface area contributed by atoms with E-state index >= 15 is 0 Å². The predicted molar refractivity (Wildman–Crippen MR) is 79.3 cm³/mol. The van der Waals surface area contributed by atoms with E-state index < -0.39 is 0 Å². The monoisotopic (exact) mass is 299 g/mol. The van der Waals surface area contributed by atoms with Gasteiger partial charge in [-0.15, -0.1) is 10.2 Å². The van der Waals surface area contributed by atoms with Crippen LogP contribution in [0.1, 0.15) is 17.7 Å². The van der Waals surface area contributed by atoms with Crippen LogP contribution in [0.25, 0.3) is 17.1 Å². The summed E-state index contributed by atoms with van der Waals surface area (Å²) in [5.74, 6) is 2.06. The first-order chi connectivity index (χ1) is 10.7. The van der Waals surface area contributed by atoms with E-state index in [9.17, 15) is 0 Å². The standard InChI is InChI=1S/C14H17N7O/c1-9-17-18-12-4-3-10(8-21(9)12)14-16-13(19-22-14)11-7-15-5-6-20(11)2/h3-4,8,11,15H,5-7H2,1-2H3. The number of nitrogens with zero attached hydrogens (tertiary/aromatic N) is 6. The molecule has 0 amide bonds. The van der Waals surface area contributed by atoms with Gasteiger partial charge >= 0.3 is 0 Å². The Morgan fingerprint density at radius 3 is 3.09 bits per heavy atom. The molecule has 3 aromatic rings. The SMILES string of the molecule is Cc1nnc2ccc(-c3nc(C4CNCCN4C)no3)cn12. The Labute approximate surface area is 127 Å². The van der Waals surface area contributed by atoms with E-state index in [2.05, 4.69) is 37.6 Å². The summed E-state index contributed by atoms with van der Waals surface area (Å²) in [5.41, 5.74) is 1.66. The van der Waals surface area contributed by atoms with Crippen LogP contribution in [0.4, 0.5) is 0 Å². The van der Waals surface area contributed by atoms with Gasteiger partial charge in [-0.25, -0.2) is 0 Å². The summed E-state index contributed by atoms with van der Waals surface area (Å²) in [6, 6.07) is 3.96. The Morgan fingerprint density at radius 1 is 1.32 bits per heavy atom. The zero-order chi connectivity index (χ0) is 15.1. The molecule has 0 bridgehead atoms. The van der Waals surface area contributed by atoms with Gasteiger partial charge in [0.25, 0.3) is 5.89 Å². The number of hydrogen-bond donors (Lipinski definition) is 1. The number of nitrogens with one attached hydrogen (secondary N) is 1. The summed E-state index contributed by atoms with van der Waals surface area (Å²) in [6.45, 7) is 4.70. The summed E-state index contributed by atoms with van der Waals surface area (Å²) in [4.78, 5) is 6.80. The second kappa shape index (κ2) is 5.15. The van der Waals surface area contributed by atoms with Crippen LogP contribution in [-0.2, 0) is 0 Å². The summed E-state index contributed by atoms with van der Waals surface area (Å²) in [6.07, 6.45) is 1.92. The quantitative estimate of drug-likeness (QED) is 0.744. The molecule has 114 valence electrons. The van der Waals surface area contributed by atoms with Crippen molar-refractivity contribution in [3.05, 3.63) is 30.0 Å². The van der Waals surface area contributed by atoms with E-state index in [1.165, 1.54) is 0 Å². The van der Waals surface area contributed by atoms with Gasteiger partial charge in [0.1, 0.15) is 5.82 Å². The Morgan fingerprint density at radius 2 is 2.23 bits per heavy atom. The molecule has 3 aromatic heterocycles. The van der Waals surface area contributed by atoms with Gasteiger partial charge in [-0.1, -0.05) is 5.16 Å². The van der Waals surface area contributed by atoms with Gasteiger partial charge in [-0.3, -0.25) is 9.30 Å². The van der Waals surface area contributed by atoms with Gasteiger partial charge < -0.3 is 9.84 Å².